The molecular weight excluding hydrogens is 376 g/mol. The maximum atomic E-state index is 12.2. The number of carbonyl (C=O) groups is 1. The molecule has 2 N–H and O–H groups in total. The zero-order valence-electron chi connectivity index (χ0n) is 14.6. The van der Waals surface area contributed by atoms with E-state index in [-0.39, 0.29) is 0 Å². The summed E-state index contributed by atoms with van der Waals surface area (Å²) in [7, 11) is 0. The summed E-state index contributed by atoms with van der Waals surface area (Å²) < 4.78 is 5.70. The van der Waals surface area contributed by atoms with Gasteiger partial charge in [0.1, 0.15) is 17.2 Å². The highest BCUT2D eigenvalue weighted by molar-refractivity contribution is 6.30. The highest BCUT2D eigenvalue weighted by Crippen LogP contribution is 2.23. The number of hydrazone groups is 1. The molecule has 0 spiro atoms. The number of carbonyl (C=O) groups excluding carboxylic acids is 1. The highest BCUT2D eigenvalue weighted by Gasteiger charge is 2.10. The molecule has 28 heavy (non-hydrogen) atoms. The summed E-state index contributed by atoms with van der Waals surface area (Å²) >= 11 is 5.89. The fraction of sp³-hybridized carbons (Fsp3) is 0. The Bertz CT molecular complexity index is 1110. The molecule has 138 valence electrons. The second-order valence-corrected chi connectivity index (χ2v) is 6.38. The predicted octanol–water partition coefficient (Wildman–Crippen LogP) is 4.75. The molecule has 2 aromatic heterocycles. The van der Waals surface area contributed by atoms with Crippen LogP contribution in [0.4, 0.5) is 0 Å². The fourth-order valence-corrected chi connectivity index (χ4v) is 2.73. The summed E-state index contributed by atoms with van der Waals surface area (Å²) in [5.41, 5.74) is 5.28. The topological polar surface area (TPSA) is 83.3 Å². The standard InChI is InChI=1S/C21H15ClN4O2/c22-16-8-6-15(7-9-16)20-11-10-17(28-20)13-23-26-21(27)19-12-18(24-25-19)14-4-2-1-3-5-14/h1-13H,(H,24,25)(H,26,27)/b23-13-. The summed E-state index contributed by atoms with van der Waals surface area (Å²) in [4.78, 5) is 12.2. The van der Waals surface area contributed by atoms with Crippen molar-refractivity contribution in [2.75, 3.05) is 0 Å². The predicted molar refractivity (Wildman–Crippen MR) is 108 cm³/mol. The Hall–Kier alpha value is -3.64. The van der Waals surface area contributed by atoms with Gasteiger partial charge in [0.2, 0.25) is 0 Å². The number of nitrogens with zero attached hydrogens (tertiary/aromatic N) is 2. The molecule has 0 aliphatic rings. The lowest BCUT2D eigenvalue weighted by Crippen LogP contribution is -2.17. The van der Waals surface area contributed by atoms with Crippen molar-refractivity contribution in [3.05, 3.63) is 89.3 Å². The molecule has 0 saturated carbocycles. The number of nitrogens with one attached hydrogen (secondary N) is 2. The van der Waals surface area contributed by atoms with Crippen LogP contribution in [0.1, 0.15) is 16.2 Å². The average Bonchev–Trinajstić information content (AvgIpc) is 3.39. The van der Waals surface area contributed by atoms with Crippen LogP contribution in [0.2, 0.25) is 5.02 Å². The van der Waals surface area contributed by atoms with Crippen LogP contribution in [0, 0.1) is 0 Å². The molecule has 0 unspecified atom stereocenters. The minimum Gasteiger partial charge on any atom is -0.455 e. The van der Waals surface area contributed by atoms with Crippen LogP contribution >= 0.6 is 11.6 Å². The van der Waals surface area contributed by atoms with E-state index in [4.69, 9.17) is 16.0 Å². The summed E-state index contributed by atoms with van der Waals surface area (Å²) in [6, 6.07) is 22.2. The van der Waals surface area contributed by atoms with Gasteiger partial charge in [0.25, 0.3) is 5.91 Å². The molecule has 2 aromatic carbocycles. The Morgan fingerprint density at radius 1 is 1.04 bits per heavy atom. The minimum absolute atomic E-state index is 0.317. The van der Waals surface area contributed by atoms with Crippen LogP contribution < -0.4 is 5.43 Å². The molecule has 0 radical (unpaired) electrons. The molecule has 0 aliphatic carbocycles. The lowest BCUT2D eigenvalue weighted by atomic mass is 10.1. The molecule has 1 amide bonds. The lowest BCUT2D eigenvalue weighted by Gasteiger charge is -1.96. The van der Waals surface area contributed by atoms with Gasteiger partial charge in [0.05, 0.1) is 11.9 Å². The number of benzene rings is 2. The first-order valence-electron chi connectivity index (χ1n) is 8.49. The first-order chi connectivity index (χ1) is 13.7. The van der Waals surface area contributed by atoms with Gasteiger partial charge >= 0.3 is 0 Å². The van der Waals surface area contributed by atoms with Gasteiger partial charge in [-0.2, -0.15) is 10.2 Å². The van der Waals surface area contributed by atoms with E-state index in [1.807, 2.05) is 48.5 Å². The molecule has 0 fully saturated rings. The number of amides is 1. The molecule has 0 saturated heterocycles. The minimum atomic E-state index is -0.393. The van der Waals surface area contributed by atoms with Crippen molar-refractivity contribution in [2.24, 2.45) is 5.10 Å². The molecule has 0 bridgehead atoms. The van der Waals surface area contributed by atoms with Gasteiger partial charge in [0, 0.05) is 16.1 Å². The normalized spacial score (nSPS) is 11.0. The third kappa shape index (κ3) is 4.02. The van der Waals surface area contributed by atoms with E-state index in [9.17, 15) is 4.79 Å². The Balaban J connectivity index is 1.39. The lowest BCUT2D eigenvalue weighted by molar-refractivity contribution is 0.0950. The van der Waals surface area contributed by atoms with Gasteiger partial charge < -0.3 is 4.42 Å². The molecule has 0 aliphatic heterocycles. The molecule has 6 nitrogen and oxygen atoms in total. The molecular formula is C21H15ClN4O2. The van der Waals surface area contributed by atoms with E-state index in [1.54, 1.807) is 24.3 Å². The quantitative estimate of drug-likeness (QED) is 0.381. The summed E-state index contributed by atoms with van der Waals surface area (Å²) in [6.07, 6.45) is 1.44. The molecule has 4 aromatic rings. The molecule has 2 heterocycles. The van der Waals surface area contributed by atoms with Gasteiger partial charge in [-0.15, -0.1) is 0 Å². The average molecular weight is 391 g/mol. The first-order valence-corrected chi connectivity index (χ1v) is 8.87. The van der Waals surface area contributed by atoms with Crippen LogP contribution in [0.5, 0.6) is 0 Å². The van der Waals surface area contributed by atoms with E-state index in [1.165, 1.54) is 6.21 Å². The third-order valence-electron chi connectivity index (χ3n) is 4.01. The van der Waals surface area contributed by atoms with Crippen LogP contribution in [-0.2, 0) is 0 Å². The zero-order valence-corrected chi connectivity index (χ0v) is 15.4. The van der Waals surface area contributed by atoms with Crippen LogP contribution in [0.15, 0.2) is 82.3 Å². The number of aromatic nitrogens is 2. The van der Waals surface area contributed by atoms with Crippen LogP contribution in [0.25, 0.3) is 22.6 Å². The van der Waals surface area contributed by atoms with Crippen LogP contribution in [0.3, 0.4) is 0 Å². The maximum Gasteiger partial charge on any atom is 0.289 e. The highest BCUT2D eigenvalue weighted by atomic mass is 35.5. The van der Waals surface area contributed by atoms with Crippen LogP contribution in [-0.4, -0.2) is 22.3 Å². The van der Waals surface area contributed by atoms with E-state index < -0.39 is 5.91 Å². The van der Waals surface area contributed by atoms with E-state index >= 15 is 0 Å². The van der Waals surface area contributed by atoms with Gasteiger partial charge in [-0.1, -0.05) is 41.9 Å². The van der Waals surface area contributed by atoms with Crippen molar-refractivity contribution >= 4 is 23.7 Å². The fourth-order valence-electron chi connectivity index (χ4n) is 2.60. The Kier molecular flexibility index (Phi) is 5.03. The smallest absolute Gasteiger partial charge is 0.289 e. The number of rotatable bonds is 5. The van der Waals surface area contributed by atoms with Gasteiger partial charge in [0.15, 0.2) is 0 Å². The number of aromatic amines is 1. The number of hydrogen-bond donors (Lipinski definition) is 2. The zero-order chi connectivity index (χ0) is 19.3. The Labute approximate surface area is 165 Å². The van der Waals surface area contributed by atoms with E-state index in [2.05, 4.69) is 20.7 Å². The second kappa shape index (κ2) is 7.94. The summed E-state index contributed by atoms with van der Waals surface area (Å²) in [5, 5.41) is 11.5. The maximum absolute atomic E-state index is 12.2. The Morgan fingerprint density at radius 2 is 1.82 bits per heavy atom. The largest absolute Gasteiger partial charge is 0.455 e. The summed E-state index contributed by atoms with van der Waals surface area (Å²) in [6.45, 7) is 0. The summed E-state index contributed by atoms with van der Waals surface area (Å²) in [5.74, 6) is 0.806. The second-order valence-electron chi connectivity index (χ2n) is 5.94. The molecule has 0 atom stereocenters. The van der Waals surface area contributed by atoms with Crippen molar-refractivity contribution in [1.82, 2.24) is 15.6 Å². The number of furan rings is 1. The number of H-pyrrole nitrogens is 1. The van der Waals surface area contributed by atoms with Crippen molar-refractivity contribution in [3.63, 3.8) is 0 Å². The number of hydrogen-bond acceptors (Lipinski definition) is 4. The van der Waals surface area contributed by atoms with Gasteiger partial charge in [-0.3, -0.25) is 9.89 Å². The van der Waals surface area contributed by atoms with Crippen molar-refractivity contribution < 1.29 is 9.21 Å². The van der Waals surface area contributed by atoms with E-state index in [0.717, 1.165) is 11.1 Å². The van der Waals surface area contributed by atoms with Gasteiger partial charge in [-0.05, 0) is 42.5 Å². The first kappa shape index (κ1) is 17.8. The monoisotopic (exact) mass is 390 g/mol. The number of halogens is 1. The van der Waals surface area contributed by atoms with Gasteiger partial charge in [-0.25, -0.2) is 5.43 Å². The SMILES string of the molecule is O=C(N/N=C\c1ccc(-c2ccc(Cl)cc2)o1)c1cc(-c2ccccc2)n[nH]1. The third-order valence-corrected chi connectivity index (χ3v) is 4.26. The van der Waals surface area contributed by atoms with Crippen molar-refractivity contribution in [1.29, 1.82) is 0 Å². The Morgan fingerprint density at radius 3 is 2.61 bits per heavy atom. The van der Waals surface area contributed by atoms with E-state index in [0.29, 0.717) is 27.9 Å². The molecule has 7 heteroatoms. The van der Waals surface area contributed by atoms with Crippen molar-refractivity contribution in [2.45, 2.75) is 0 Å². The van der Waals surface area contributed by atoms with Crippen molar-refractivity contribution in [3.8, 4) is 22.6 Å². The molecule has 4 rings (SSSR count).